The number of allylic oxidation sites excluding steroid dienone is 2. The highest BCUT2D eigenvalue weighted by Gasteiger charge is 2.32. The molecule has 1 aliphatic rings. The van der Waals surface area contributed by atoms with Gasteiger partial charge >= 0.3 is 5.97 Å². The molecule has 0 spiro atoms. The number of carbonyl (C=O) groups is 2. The number of aldehydes is 1. The number of ether oxygens (including phenoxy) is 2. The Hall–Kier alpha value is -1.88. The summed E-state index contributed by atoms with van der Waals surface area (Å²) in [5.74, 6) is 0.376. The summed E-state index contributed by atoms with van der Waals surface area (Å²) in [6, 6.07) is 1.02. The Morgan fingerprint density at radius 3 is 2.48 bits per heavy atom. The van der Waals surface area contributed by atoms with Crippen LogP contribution in [-0.4, -0.2) is 26.9 Å². The standard InChI is InChI=1S/C22H32O4Si/c1-7-16(13-23)9-10-18-17(8-2)15(3)19-14-26-22(24)20(19)21(18)25-11-12-27(4,5)6/h9,13H,7-8,10-12,14H2,1-6H3/b16-9+. The van der Waals surface area contributed by atoms with Crippen molar-refractivity contribution in [1.82, 2.24) is 0 Å². The Balaban J connectivity index is 2.55. The number of rotatable bonds is 9. The molecule has 1 aliphatic heterocycles. The zero-order valence-electron chi connectivity index (χ0n) is 17.5. The first-order valence-corrected chi connectivity index (χ1v) is 13.6. The molecule has 0 fully saturated rings. The van der Waals surface area contributed by atoms with Crippen LogP contribution in [0.1, 0.15) is 52.9 Å². The monoisotopic (exact) mass is 388 g/mol. The predicted octanol–water partition coefficient (Wildman–Crippen LogP) is 5.02. The summed E-state index contributed by atoms with van der Waals surface area (Å²) >= 11 is 0. The third-order valence-corrected chi connectivity index (χ3v) is 6.91. The Labute approximate surface area is 164 Å². The zero-order valence-corrected chi connectivity index (χ0v) is 18.5. The van der Waals surface area contributed by atoms with E-state index in [1.807, 2.05) is 13.0 Å². The molecule has 2 rings (SSSR count). The third kappa shape index (κ3) is 4.89. The van der Waals surface area contributed by atoms with Crippen molar-refractivity contribution in [3.05, 3.63) is 39.5 Å². The van der Waals surface area contributed by atoms with Gasteiger partial charge in [-0.25, -0.2) is 4.79 Å². The molecule has 1 aromatic carbocycles. The zero-order chi connectivity index (χ0) is 20.2. The van der Waals surface area contributed by atoms with Gasteiger partial charge in [-0.3, -0.25) is 4.79 Å². The first-order chi connectivity index (χ1) is 12.7. The minimum atomic E-state index is -1.25. The van der Waals surface area contributed by atoms with Gasteiger partial charge in [0.1, 0.15) is 24.2 Å². The van der Waals surface area contributed by atoms with Crippen molar-refractivity contribution in [2.75, 3.05) is 6.61 Å². The third-order valence-electron chi connectivity index (χ3n) is 5.20. The van der Waals surface area contributed by atoms with Crippen LogP contribution >= 0.6 is 0 Å². The topological polar surface area (TPSA) is 52.6 Å². The summed E-state index contributed by atoms with van der Waals surface area (Å²) in [5, 5.41) is 0. The molecule has 148 valence electrons. The quantitative estimate of drug-likeness (QED) is 0.258. The molecule has 0 atom stereocenters. The lowest BCUT2D eigenvalue weighted by atomic mass is 9.89. The van der Waals surface area contributed by atoms with Gasteiger partial charge in [-0.1, -0.05) is 39.6 Å². The second-order valence-electron chi connectivity index (χ2n) is 8.31. The van der Waals surface area contributed by atoms with E-state index in [-0.39, 0.29) is 5.97 Å². The number of fused-ring (bicyclic) bond motifs is 1. The molecule has 1 heterocycles. The van der Waals surface area contributed by atoms with Crippen LogP contribution in [0, 0.1) is 6.92 Å². The summed E-state index contributed by atoms with van der Waals surface area (Å²) in [4.78, 5) is 23.7. The molecule has 1 aromatic rings. The van der Waals surface area contributed by atoms with E-state index in [2.05, 4.69) is 33.5 Å². The van der Waals surface area contributed by atoms with Crippen molar-refractivity contribution >= 4 is 20.3 Å². The van der Waals surface area contributed by atoms with E-state index in [1.54, 1.807) is 0 Å². The second-order valence-corrected chi connectivity index (χ2v) is 13.9. The summed E-state index contributed by atoms with van der Waals surface area (Å²) in [6.07, 6.45) is 5.01. The average Bonchev–Trinajstić information content (AvgIpc) is 2.99. The molecule has 0 saturated carbocycles. The number of esters is 1. The summed E-state index contributed by atoms with van der Waals surface area (Å²) in [5.41, 5.74) is 5.66. The Kier molecular flexibility index (Phi) is 7.04. The molecule has 0 unspecified atom stereocenters. The fourth-order valence-corrected chi connectivity index (χ4v) is 4.16. The molecule has 0 aliphatic carbocycles. The maximum atomic E-state index is 12.4. The molecular formula is C22H32O4Si. The van der Waals surface area contributed by atoms with E-state index in [4.69, 9.17) is 9.47 Å². The van der Waals surface area contributed by atoms with E-state index in [0.717, 1.165) is 41.0 Å². The normalized spacial score (nSPS) is 14.1. The molecule has 0 amide bonds. The molecule has 4 nitrogen and oxygen atoms in total. The molecule has 0 aromatic heterocycles. The highest BCUT2D eigenvalue weighted by atomic mass is 28.3. The number of hydrogen-bond donors (Lipinski definition) is 0. The van der Waals surface area contributed by atoms with E-state index < -0.39 is 8.07 Å². The van der Waals surface area contributed by atoms with Gasteiger partial charge in [0.05, 0.1) is 6.61 Å². The van der Waals surface area contributed by atoms with Crippen LogP contribution in [0.15, 0.2) is 11.6 Å². The van der Waals surface area contributed by atoms with Gasteiger partial charge in [-0.05, 0) is 48.9 Å². The highest BCUT2D eigenvalue weighted by molar-refractivity contribution is 6.76. The minimum Gasteiger partial charge on any atom is -0.493 e. The maximum Gasteiger partial charge on any atom is 0.342 e. The predicted molar refractivity (Wildman–Crippen MR) is 111 cm³/mol. The fourth-order valence-electron chi connectivity index (χ4n) is 3.45. The lowest BCUT2D eigenvalue weighted by Gasteiger charge is -2.22. The molecule has 0 saturated heterocycles. The van der Waals surface area contributed by atoms with Crippen LogP contribution < -0.4 is 4.74 Å². The van der Waals surface area contributed by atoms with Crippen LogP contribution in [0.4, 0.5) is 0 Å². The summed E-state index contributed by atoms with van der Waals surface area (Å²) in [7, 11) is -1.25. The van der Waals surface area contributed by atoms with Crippen LogP contribution in [-0.2, 0) is 29.0 Å². The van der Waals surface area contributed by atoms with E-state index in [1.165, 1.54) is 5.56 Å². The van der Waals surface area contributed by atoms with Gasteiger partial charge in [0.2, 0.25) is 0 Å². The summed E-state index contributed by atoms with van der Waals surface area (Å²) < 4.78 is 11.6. The Bertz CT molecular complexity index is 757. The molecule has 5 heteroatoms. The summed E-state index contributed by atoms with van der Waals surface area (Å²) in [6.45, 7) is 14.0. The van der Waals surface area contributed by atoms with Crippen LogP contribution in [0.25, 0.3) is 0 Å². The van der Waals surface area contributed by atoms with Crippen molar-refractivity contribution in [1.29, 1.82) is 0 Å². The number of hydrogen-bond acceptors (Lipinski definition) is 4. The van der Waals surface area contributed by atoms with Gasteiger partial charge in [-0.15, -0.1) is 0 Å². The molecular weight excluding hydrogens is 356 g/mol. The Morgan fingerprint density at radius 2 is 1.93 bits per heavy atom. The number of cyclic esters (lactones) is 1. The van der Waals surface area contributed by atoms with Gasteiger partial charge in [-0.2, -0.15) is 0 Å². The van der Waals surface area contributed by atoms with E-state index in [0.29, 0.717) is 37.4 Å². The minimum absolute atomic E-state index is 0.296. The Morgan fingerprint density at radius 1 is 1.22 bits per heavy atom. The van der Waals surface area contributed by atoms with Crippen molar-refractivity contribution in [3.8, 4) is 5.75 Å². The smallest absolute Gasteiger partial charge is 0.342 e. The van der Waals surface area contributed by atoms with Gasteiger partial charge in [0.15, 0.2) is 0 Å². The molecule has 0 N–H and O–H groups in total. The maximum absolute atomic E-state index is 12.4. The van der Waals surface area contributed by atoms with Gasteiger partial charge in [0, 0.05) is 19.2 Å². The van der Waals surface area contributed by atoms with Gasteiger partial charge < -0.3 is 9.47 Å². The van der Waals surface area contributed by atoms with Crippen molar-refractivity contribution in [2.24, 2.45) is 0 Å². The number of carbonyl (C=O) groups excluding carboxylic acids is 2. The van der Waals surface area contributed by atoms with Crippen molar-refractivity contribution < 1.29 is 19.1 Å². The molecule has 0 radical (unpaired) electrons. The second kappa shape index (κ2) is 8.87. The van der Waals surface area contributed by atoms with E-state index in [9.17, 15) is 9.59 Å². The first-order valence-electron chi connectivity index (χ1n) is 9.84. The first kappa shape index (κ1) is 21.4. The SMILES string of the molecule is CC/C(C=O)=C\Cc1c(CC)c(C)c2c(c1OCC[Si](C)(C)C)C(=O)OC2. The lowest BCUT2D eigenvalue weighted by molar-refractivity contribution is -0.105. The lowest BCUT2D eigenvalue weighted by Crippen LogP contribution is -2.23. The van der Waals surface area contributed by atoms with Crippen molar-refractivity contribution in [3.63, 3.8) is 0 Å². The van der Waals surface area contributed by atoms with Gasteiger partial charge in [0.25, 0.3) is 0 Å². The van der Waals surface area contributed by atoms with Crippen LogP contribution in [0.5, 0.6) is 5.75 Å². The van der Waals surface area contributed by atoms with E-state index >= 15 is 0 Å². The average molecular weight is 389 g/mol. The highest BCUT2D eigenvalue weighted by Crippen LogP contribution is 2.39. The van der Waals surface area contributed by atoms with Crippen LogP contribution in [0.3, 0.4) is 0 Å². The largest absolute Gasteiger partial charge is 0.493 e. The van der Waals surface area contributed by atoms with Crippen LogP contribution in [0.2, 0.25) is 25.7 Å². The van der Waals surface area contributed by atoms with Crippen molar-refractivity contribution in [2.45, 2.75) is 72.3 Å². The molecule has 0 bridgehead atoms. The number of benzene rings is 1. The molecule has 27 heavy (non-hydrogen) atoms. The fraction of sp³-hybridized carbons (Fsp3) is 0.545.